The third kappa shape index (κ3) is 5.65. The number of nitrogens with zero attached hydrogens (tertiary/aromatic N) is 2. The molecule has 2 aromatic rings. The minimum Gasteiger partial charge on any atom is -0.481 e. The zero-order valence-electron chi connectivity index (χ0n) is 18.4. The highest BCUT2D eigenvalue weighted by atomic mass is 19.1. The van der Waals surface area contributed by atoms with Crippen LogP contribution in [0.4, 0.5) is 14.9 Å². The van der Waals surface area contributed by atoms with E-state index in [1.165, 1.54) is 17.0 Å². The second-order valence-corrected chi connectivity index (χ2v) is 8.23. The smallest absolute Gasteiger partial charge is 0.324 e. The molecule has 1 fully saturated rings. The van der Waals surface area contributed by atoms with E-state index in [1.54, 1.807) is 17.0 Å². The highest BCUT2D eigenvalue weighted by Crippen LogP contribution is 2.38. The zero-order valence-corrected chi connectivity index (χ0v) is 18.4. The molecule has 1 aliphatic carbocycles. The van der Waals surface area contributed by atoms with Crippen LogP contribution in [-0.2, 0) is 11.3 Å². The number of carboxylic acid groups (broad SMARTS) is 1. The number of anilines is 1. The molecule has 0 bridgehead atoms. The van der Waals surface area contributed by atoms with Gasteiger partial charge in [0.25, 0.3) is 0 Å². The molecule has 7 heteroatoms. The van der Waals surface area contributed by atoms with Crippen molar-refractivity contribution in [2.45, 2.75) is 45.1 Å². The van der Waals surface area contributed by atoms with E-state index in [9.17, 15) is 24.2 Å². The van der Waals surface area contributed by atoms with Gasteiger partial charge in [-0.05, 0) is 61.1 Å². The van der Waals surface area contributed by atoms with E-state index in [1.807, 2.05) is 31.2 Å². The normalized spacial score (nSPS) is 18.2. The molecule has 0 aromatic heterocycles. The molecule has 3 rings (SSSR count). The Bertz CT molecular complexity index is 901. The number of likely N-dealkylation sites (N-methyl/N-ethyl adjacent to an activating group) is 1. The number of aliphatic hydroxyl groups excluding tert-OH is 1. The van der Waals surface area contributed by atoms with Crippen LogP contribution < -0.4 is 4.90 Å². The van der Waals surface area contributed by atoms with Gasteiger partial charge < -0.3 is 15.1 Å². The fraction of sp³-hybridized carbons (Fsp3) is 0.440. The molecule has 2 unspecified atom stereocenters. The summed E-state index contributed by atoms with van der Waals surface area (Å²) in [5.41, 5.74) is 2.46. The van der Waals surface area contributed by atoms with Crippen LogP contribution in [0, 0.1) is 11.7 Å². The lowest BCUT2D eigenvalue weighted by Crippen LogP contribution is -2.44. The van der Waals surface area contributed by atoms with Crippen molar-refractivity contribution >= 4 is 17.7 Å². The Hall–Kier alpha value is -2.93. The first-order chi connectivity index (χ1) is 15.4. The van der Waals surface area contributed by atoms with Crippen molar-refractivity contribution in [1.82, 2.24) is 4.90 Å². The van der Waals surface area contributed by atoms with Crippen LogP contribution in [0.15, 0.2) is 48.5 Å². The van der Waals surface area contributed by atoms with Crippen LogP contribution in [-0.4, -0.2) is 46.8 Å². The van der Waals surface area contributed by atoms with Crippen LogP contribution in [0.5, 0.6) is 0 Å². The molecule has 6 nitrogen and oxygen atoms in total. The summed E-state index contributed by atoms with van der Waals surface area (Å²) in [6.07, 6.45) is 3.54. The molecular weight excluding hydrogens is 411 g/mol. The molecule has 0 spiro atoms. The minimum absolute atomic E-state index is 0.00488. The maximum Gasteiger partial charge on any atom is 0.324 e. The largest absolute Gasteiger partial charge is 0.481 e. The predicted octanol–water partition coefficient (Wildman–Crippen LogP) is 4.62. The summed E-state index contributed by atoms with van der Waals surface area (Å²) in [5, 5.41) is 18.9. The fourth-order valence-electron chi connectivity index (χ4n) is 4.45. The second kappa shape index (κ2) is 11.1. The Morgan fingerprint density at radius 1 is 1.03 bits per heavy atom. The quantitative estimate of drug-likeness (QED) is 0.625. The van der Waals surface area contributed by atoms with E-state index in [2.05, 4.69) is 0 Å². The molecule has 1 saturated carbocycles. The number of hydrogen-bond donors (Lipinski definition) is 2. The van der Waals surface area contributed by atoms with Gasteiger partial charge in [0.2, 0.25) is 0 Å². The Kier molecular flexibility index (Phi) is 8.22. The summed E-state index contributed by atoms with van der Waals surface area (Å²) < 4.78 is 13.4. The first kappa shape index (κ1) is 23.7. The standard InChI is InChI=1S/C25H31FN2O4/c1-2-27(15-16-29)25(32)28(21-13-11-20(26)12-14-21)17-18-7-9-19(10-8-18)22-5-3-4-6-23(22)24(30)31/h7-14,22-23,29H,2-6,15-17H2,1H3,(H,30,31). The third-order valence-corrected chi connectivity index (χ3v) is 6.22. The number of carbonyl (C=O) groups excluding carboxylic acids is 1. The van der Waals surface area contributed by atoms with Crippen LogP contribution in [0.2, 0.25) is 0 Å². The lowest BCUT2D eigenvalue weighted by Gasteiger charge is -2.31. The van der Waals surface area contributed by atoms with Crippen molar-refractivity contribution in [2.75, 3.05) is 24.6 Å². The number of halogens is 1. The summed E-state index contributed by atoms with van der Waals surface area (Å²) in [4.78, 5) is 27.9. The molecule has 2 amide bonds. The van der Waals surface area contributed by atoms with Gasteiger partial charge in [0.15, 0.2) is 0 Å². The number of amides is 2. The molecular formula is C25H31FN2O4. The maximum absolute atomic E-state index is 13.4. The van der Waals surface area contributed by atoms with Gasteiger partial charge >= 0.3 is 12.0 Å². The molecule has 0 heterocycles. The molecule has 2 N–H and O–H groups in total. The Labute approximate surface area is 188 Å². The number of benzene rings is 2. The Morgan fingerprint density at radius 3 is 2.28 bits per heavy atom. The molecule has 2 aromatic carbocycles. The van der Waals surface area contributed by atoms with Gasteiger partial charge in [-0.2, -0.15) is 0 Å². The summed E-state index contributed by atoms with van der Waals surface area (Å²) >= 11 is 0. The highest BCUT2D eigenvalue weighted by Gasteiger charge is 2.31. The summed E-state index contributed by atoms with van der Waals surface area (Å²) in [6.45, 7) is 2.63. The van der Waals surface area contributed by atoms with Crippen molar-refractivity contribution in [3.05, 3.63) is 65.5 Å². The van der Waals surface area contributed by atoms with E-state index < -0.39 is 5.97 Å². The molecule has 2 atom stereocenters. The van der Waals surface area contributed by atoms with Gasteiger partial charge in [0.1, 0.15) is 5.82 Å². The van der Waals surface area contributed by atoms with Crippen LogP contribution in [0.1, 0.15) is 49.7 Å². The van der Waals surface area contributed by atoms with E-state index >= 15 is 0 Å². The summed E-state index contributed by atoms with van der Waals surface area (Å²) in [5.74, 6) is -1.47. The number of urea groups is 1. The topological polar surface area (TPSA) is 81.1 Å². The average molecular weight is 443 g/mol. The van der Waals surface area contributed by atoms with E-state index in [-0.39, 0.29) is 43.4 Å². The summed E-state index contributed by atoms with van der Waals surface area (Å²) in [7, 11) is 0. The van der Waals surface area contributed by atoms with Crippen LogP contribution in [0.3, 0.4) is 0 Å². The summed E-state index contributed by atoms with van der Waals surface area (Å²) in [6, 6.07) is 13.3. The number of carbonyl (C=O) groups is 2. The van der Waals surface area contributed by atoms with E-state index in [0.29, 0.717) is 18.7 Å². The minimum atomic E-state index is -0.740. The van der Waals surface area contributed by atoms with Gasteiger partial charge in [0.05, 0.1) is 19.1 Å². The Balaban J connectivity index is 1.83. The molecule has 172 valence electrons. The predicted molar refractivity (Wildman–Crippen MR) is 121 cm³/mol. The monoisotopic (exact) mass is 442 g/mol. The number of carboxylic acids is 1. The average Bonchev–Trinajstić information content (AvgIpc) is 2.81. The first-order valence-corrected chi connectivity index (χ1v) is 11.2. The number of aliphatic carboxylic acids is 1. The number of aliphatic hydroxyl groups is 1. The lowest BCUT2D eigenvalue weighted by atomic mass is 9.75. The number of hydrogen-bond acceptors (Lipinski definition) is 3. The van der Waals surface area contributed by atoms with Crippen LogP contribution in [0.25, 0.3) is 0 Å². The maximum atomic E-state index is 13.4. The van der Waals surface area contributed by atoms with Crippen LogP contribution >= 0.6 is 0 Å². The zero-order chi connectivity index (χ0) is 23.1. The second-order valence-electron chi connectivity index (χ2n) is 8.23. The van der Waals surface area contributed by atoms with Gasteiger partial charge in [-0.3, -0.25) is 9.69 Å². The third-order valence-electron chi connectivity index (χ3n) is 6.22. The first-order valence-electron chi connectivity index (χ1n) is 11.2. The van der Waals surface area contributed by atoms with Gasteiger partial charge in [-0.15, -0.1) is 0 Å². The highest BCUT2D eigenvalue weighted by molar-refractivity contribution is 5.92. The van der Waals surface area contributed by atoms with Gasteiger partial charge in [-0.1, -0.05) is 37.1 Å². The van der Waals surface area contributed by atoms with Gasteiger partial charge in [-0.25, -0.2) is 9.18 Å². The van der Waals surface area contributed by atoms with E-state index in [4.69, 9.17) is 0 Å². The molecule has 0 aliphatic heterocycles. The molecule has 1 aliphatic rings. The Morgan fingerprint density at radius 2 is 1.69 bits per heavy atom. The lowest BCUT2D eigenvalue weighted by molar-refractivity contribution is -0.143. The SMILES string of the molecule is CCN(CCO)C(=O)N(Cc1ccc(C2CCCCC2C(=O)O)cc1)c1ccc(F)cc1. The van der Waals surface area contributed by atoms with Crippen molar-refractivity contribution in [3.63, 3.8) is 0 Å². The molecule has 0 radical (unpaired) electrons. The fourth-order valence-corrected chi connectivity index (χ4v) is 4.45. The number of rotatable bonds is 8. The van der Waals surface area contributed by atoms with Gasteiger partial charge in [0, 0.05) is 18.8 Å². The van der Waals surface area contributed by atoms with Crippen molar-refractivity contribution in [2.24, 2.45) is 5.92 Å². The van der Waals surface area contributed by atoms with Crippen molar-refractivity contribution in [1.29, 1.82) is 0 Å². The van der Waals surface area contributed by atoms with E-state index in [0.717, 1.165) is 30.4 Å². The molecule has 0 saturated heterocycles. The van der Waals surface area contributed by atoms with Crippen molar-refractivity contribution < 1.29 is 24.2 Å². The van der Waals surface area contributed by atoms with Crippen molar-refractivity contribution in [3.8, 4) is 0 Å². The molecule has 32 heavy (non-hydrogen) atoms.